The van der Waals surface area contributed by atoms with Crippen LogP contribution in [0.1, 0.15) is 116 Å². The molecule has 0 radical (unpaired) electrons. The van der Waals surface area contributed by atoms with E-state index in [0.29, 0.717) is 112 Å². The number of amides is 1. The van der Waals surface area contributed by atoms with Gasteiger partial charge in [0, 0.05) is 13.0 Å². The highest BCUT2D eigenvalue weighted by Gasteiger charge is 2.01. The molecule has 0 aromatic heterocycles. The van der Waals surface area contributed by atoms with Crippen molar-refractivity contribution >= 4 is 11.9 Å². The molecule has 292 valence electrons. The molecule has 0 unspecified atom stereocenters. The first-order chi connectivity index (χ1) is 24.2. The molecule has 1 amide bonds. The van der Waals surface area contributed by atoms with E-state index in [1.165, 1.54) is 83.5 Å². The fraction of sp³-hybridized carbons (Fsp3) is 0.946. The smallest absolute Gasteiger partial charge is 0.305 e. The number of carboxylic acids is 1. The number of nitrogens with one attached hydrogen (secondary N) is 1. The average molecular weight is 708 g/mol. The lowest BCUT2D eigenvalue weighted by molar-refractivity contribution is -0.138. The number of hydrogen-bond acceptors (Lipinski definition) is 10. The molecule has 0 aliphatic heterocycles. The van der Waals surface area contributed by atoms with E-state index >= 15 is 0 Å². The van der Waals surface area contributed by atoms with E-state index in [0.717, 1.165) is 12.8 Å². The van der Waals surface area contributed by atoms with Crippen molar-refractivity contribution < 1.29 is 52.6 Å². The molecule has 2 N–H and O–H groups in total. The Hall–Kier alpha value is -1.38. The molecule has 0 aliphatic rings. The Balaban J connectivity index is 3.14. The van der Waals surface area contributed by atoms with Crippen molar-refractivity contribution in [2.45, 2.75) is 116 Å². The lowest BCUT2D eigenvalue weighted by atomic mass is 10.0. The standard InChI is InChI=1S/C37H73NO11/c1-2-3-4-5-6-7-8-9-10-11-12-13-14-15-16-17-36(39)38-19-21-43-23-25-45-27-29-47-31-33-49-35-34-48-32-30-46-28-26-44-24-22-42-20-18-37(40)41/h2-35H2,1H3,(H,38,39)(H,40,41). The van der Waals surface area contributed by atoms with Crippen molar-refractivity contribution in [3.8, 4) is 0 Å². The van der Waals surface area contributed by atoms with Gasteiger partial charge in [0.05, 0.1) is 112 Å². The summed E-state index contributed by atoms with van der Waals surface area (Å²) in [5, 5.41) is 11.4. The van der Waals surface area contributed by atoms with Gasteiger partial charge in [0.15, 0.2) is 0 Å². The molecule has 0 aromatic carbocycles. The van der Waals surface area contributed by atoms with Gasteiger partial charge in [-0.25, -0.2) is 0 Å². The second kappa shape index (κ2) is 42.8. The van der Waals surface area contributed by atoms with Crippen LogP contribution < -0.4 is 5.32 Å². The Morgan fingerprint density at radius 2 is 0.673 bits per heavy atom. The quantitative estimate of drug-likeness (QED) is 0.0725. The Labute approximate surface area is 297 Å². The molecule has 0 fully saturated rings. The number of aliphatic carboxylic acids is 1. The van der Waals surface area contributed by atoms with Gasteiger partial charge in [0.1, 0.15) is 0 Å². The zero-order valence-corrected chi connectivity index (χ0v) is 31.1. The summed E-state index contributed by atoms with van der Waals surface area (Å²) in [6.07, 6.45) is 20.5. The lowest BCUT2D eigenvalue weighted by Gasteiger charge is -2.09. The van der Waals surface area contributed by atoms with Crippen molar-refractivity contribution in [2.24, 2.45) is 0 Å². The first kappa shape index (κ1) is 47.6. The third-order valence-electron chi connectivity index (χ3n) is 7.64. The highest BCUT2D eigenvalue weighted by atomic mass is 16.6. The fourth-order valence-corrected chi connectivity index (χ4v) is 4.81. The minimum atomic E-state index is -0.872. The fourth-order valence-electron chi connectivity index (χ4n) is 4.81. The summed E-state index contributed by atoms with van der Waals surface area (Å²) in [6, 6.07) is 0. The number of hydrogen-bond donors (Lipinski definition) is 2. The molecular weight excluding hydrogens is 634 g/mol. The van der Waals surface area contributed by atoms with E-state index in [1.54, 1.807) is 0 Å². The van der Waals surface area contributed by atoms with Crippen LogP contribution in [-0.2, 0) is 47.5 Å². The summed E-state index contributed by atoms with van der Waals surface area (Å²) in [7, 11) is 0. The number of unbranched alkanes of at least 4 members (excludes halogenated alkanes) is 14. The van der Waals surface area contributed by atoms with Crippen LogP contribution in [-0.4, -0.2) is 129 Å². The molecule has 0 spiro atoms. The maximum absolute atomic E-state index is 12.0. The molecule has 0 rings (SSSR count). The minimum absolute atomic E-state index is 0.000576. The highest BCUT2D eigenvalue weighted by molar-refractivity contribution is 5.75. The van der Waals surface area contributed by atoms with Gasteiger partial charge in [-0.2, -0.15) is 0 Å². The molecule has 12 nitrogen and oxygen atoms in total. The summed E-state index contributed by atoms with van der Waals surface area (Å²) >= 11 is 0. The highest BCUT2D eigenvalue weighted by Crippen LogP contribution is 2.13. The average Bonchev–Trinajstić information content (AvgIpc) is 3.09. The van der Waals surface area contributed by atoms with Crippen LogP contribution in [0, 0.1) is 0 Å². The Morgan fingerprint density at radius 1 is 0.388 bits per heavy atom. The van der Waals surface area contributed by atoms with Crippen LogP contribution in [0.25, 0.3) is 0 Å². The number of carbonyl (C=O) groups excluding carboxylic acids is 1. The van der Waals surface area contributed by atoms with Gasteiger partial charge >= 0.3 is 5.97 Å². The maximum atomic E-state index is 12.0. The maximum Gasteiger partial charge on any atom is 0.305 e. The molecular formula is C37H73NO11. The third-order valence-corrected chi connectivity index (χ3v) is 7.64. The molecule has 49 heavy (non-hydrogen) atoms. The predicted octanol–water partition coefficient (Wildman–Crippen LogP) is 5.97. The zero-order valence-electron chi connectivity index (χ0n) is 31.1. The van der Waals surface area contributed by atoms with Crippen LogP contribution in [0.2, 0.25) is 0 Å². The van der Waals surface area contributed by atoms with Crippen LogP contribution in [0.3, 0.4) is 0 Å². The van der Waals surface area contributed by atoms with Gasteiger partial charge in [-0.15, -0.1) is 0 Å². The first-order valence-corrected chi connectivity index (χ1v) is 19.3. The minimum Gasteiger partial charge on any atom is -0.481 e. The second-order valence-electron chi connectivity index (χ2n) is 12.1. The summed E-state index contributed by atoms with van der Waals surface area (Å²) in [5.41, 5.74) is 0. The predicted molar refractivity (Wildman–Crippen MR) is 191 cm³/mol. The molecule has 0 saturated heterocycles. The van der Waals surface area contributed by atoms with Crippen molar-refractivity contribution in [3.05, 3.63) is 0 Å². The van der Waals surface area contributed by atoms with E-state index in [9.17, 15) is 9.59 Å². The largest absolute Gasteiger partial charge is 0.481 e. The SMILES string of the molecule is CCCCCCCCCCCCCCCCCC(=O)NCCOCCOCCOCCOCCOCCOCCOCCOCCC(=O)O. The van der Waals surface area contributed by atoms with Crippen molar-refractivity contribution in [1.29, 1.82) is 0 Å². The van der Waals surface area contributed by atoms with Gasteiger partial charge in [0.2, 0.25) is 5.91 Å². The van der Waals surface area contributed by atoms with Crippen molar-refractivity contribution in [2.75, 3.05) is 112 Å². The molecule has 0 bridgehead atoms. The number of carboxylic acid groups (broad SMARTS) is 1. The molecule has 0 aromatic rings. The van der Waals surface area contributed by atoms with E-state index < -0.39 is 5.97 Å². The topological polar surface area (TPSA) is 140 Å². The van der Waals surface area contributed by atoms with Gasteiger partial charge in [-0.1, -0.05) is 96.8 Å². The van der Waals surface area contributed by atoms with Crippen molar-refractivity contribution in [3.63, 3.8) is 0 Å². The number of carbonyl (C=O) groups is 2. The summed E-state index contributed by atoms with van der Waals surface area (Å²) in [4.78, 5) is 22.3. The lowest BCUT2D eigenvalue weighted by Crippen LogP contribution is -2.27. The summed E-state index contributed by atoms with van der Waals surface area (Å²) in [5.74, 6) is -0.758. The van der Waals surface area contributed by atoms with Gasteiger partial charge in [0.25, 0.3) is 0 Å². The van der Waals surface area contributed by atoms with Crippen LogP contribution in [0.15, 0.2) is 0 Å². The van der Waals surface area contributed by atoms with E-state index in [1.807, 2.05) is 0 Å². The molecule has 12 heteroatoms. The molecule has 0 aliphatic carbocycles. The summed E-state index contributed by atoms with van der Waals surface area (Å²) < 4.78 is 43.3. The van der Waals surface area contributed by atoms with Gasteiger partial charge in [-0.05, 0) is 6.42 Å². The normalized spacial score (nSPS) is 11.4. The first-order valence-electron chi connectivity index (χ1n) is 19.3. The Kier molecular flexibility index (Phi) is 41.6. The number of rotatable bonds is 43. The third kappa shape index (κ3) is 44.6. The zero-order chi connectivity index (χ0) is 35.6. The number of ether oxygens (including phenoxy) is 8. The van der Waals surface area contributed by atoms with Crippen LogP contribution in [0.4, 0.5) is 0 Å². The van der Waals surface area contributed by atoms with Crippen LogP contribution in [0.5, 0.6) is 0 Å². The monoisotopic (exact) mass is 708 g/mol. The summed E-state index contributed by atoms with van der Waals surface area (Å²) in [6.45, 7) is 10.1. The molecule has 0 saturated carbocycles. The Morgan fingerprint density at radius 3 is 1.00 bits per heavy atom. The Bertz CT molecular complexity index is 672. The van der Waals surface area contributed by atoms with Gasteiger partial charge < -0.3 is 48.3 Å². The van der Waals surface area contributed by atoms with Gasteiger partial charge in [-0.3, -0.25) is 9.59 Å². The second-order valence-corrected chi connectivity index (χ2v) is 12.1. The van der Waals surface area contributed by atoms with Crippen LogP contribution >= 0.6 is 0 Å². The van der Waals surface area contributed by atoms with E-state index in [-0.39, 0.29) is 18.9 Å². The molecule has 0 atom stereocenters. The van der Waals surface area contributed by atoms with Crippen molar-refractivity contribution in [1.82, 2.24) is 5.32 Å². The van der Waals surface area contributed by atoms with E-state index in [2.05, 4.69) is 12.2 Å². The molecule has 0 heterocycles. The van der Waals surface area contributed by atoms with E-state index in [4.69, 9.17) is 43.0 Å².